The van der Waals surface area contributed by atoms with E-state index in [0.717, 1.165) is 0 Å². The van der Waals surface area contributed by atoms with E-state index in [0.29, 0.717) is 12.3 Å². The van der Waals surface area contributed by atoms with Gasteiger partial charge in [-0.1, -0.05) is 0 Å². The zero-order chi connectivity index (χ0) is 5.54. The van der Waals surface area contributed by atoms with E-state index in [4.69, 9.17) is 10.5 Å². The average molecular weight is 124 g/mol. The SMILES string of the molecule is N#COSOC#N.[H-].[Li+]. The topological polar surface area (TPSA) is 66.0 Å². The molecule has 0 radical (unpaired) electrons. The van der Waals surface area contributed by atoms with Crippen LogP contribution >= 0.6 is 12.3 Å². The maximum atomic E-state index is 7.61. The first-order valence-corrected chi connectivity index (χ1v) is 1.86. The largest absolute Gasteiger partial charge is 1.00 e. The first kappa shape index (κ1) is 10.5. The van der Waals surface area contributed by atoms with Crippen LogP contribution in [-0.2, 0) is 8.37 Å². The first-order valence-electron chi connectivity index (χ1n) is 1.19. The van der Waals surface area contributed by atoms with Crippen molar-refractivity contribution in [1.29, 1.82) is 10.5 Å². The summed E-state index contributed by atoms with van der Waals surface area (Å²) in [5.41, 5.74) is 0. The zero-order valence-electron chi connectivity index (χ0n) is 5.12. The van der Waals surface area contributed by atoms with E-state index in [9.17, 15) is 0 Å². The van der Waals surface area contributed by atoms with Crippen LogP contribution in [-0.4, -0.2) is 0 Å². The number of nitriles is 2. The van der Waals surface area contributed by atoms with Crippen LogP contribution in [0.25, 0.3) is 0 Å². The molecule has 0 bridgehead atoms. The van der Waals surface area contributed by atoms with Gasteiger partial charge in [0.15, 0.2) is 0 Å². The van der Waals surface area contributed by atoms with Crippen molar-refractivity contribution in [2.45, 2.75) is 0 Å². The van der Waals surface area contributed by atoms with Crippen LogP contribution in [0.2, 0.25) is 0 Å². The van der Waals surface area contributed by atoms with Gasteiger partial charge in [0.2, 0.25) is 0 Å². The molecule has 0 aromatic rings. The van der Waals surface area contributed by atoms with Crippen LogP contribution in [0.15, 0.2) is 0 Å². The van der Waals surface area contributed by atoms with Gasteiger partial charge in [0.1, 0.15) is 0 Å². The summed E-state index contributed by atoms with van der Waals surface area (Å²) >= 11 is 0.331. The zero-order valence-corrected chi connectivity index (χ0v) is 4.94. The molecule has 0 aromatic heterocycles. The van der Waals surface area contributed by atoms with Gasteiger partial charge in [0, 0.05) is 0 Å². The monoisotopic (exact) mass is 124 g/mol. The molecule has 38 valence electrons. The summed E-state index contributed by atoms with van der Waals surface area (Å²) in [6, 6.07) is 0. The van der Waals surface area contributed by atoms with Crippen molar-refractivity contribution in [3.8, 4) is 12.5 Å². The maximum Gasteiger partial charge on any atom is 1.00 e. The third kappa shape index (κ3) is 9.11. The predicted molar refractivity (Wildman–Crippen MR) is 22.1 cm³/mol. The second-order valence-corrected chi connectivity index (χ2v) is 0.887. The van der Waals surface area contributed by atoms with Crippen molar-refractivity contribution < 1.29 is 28.7 Å². The minimum absolute atomic E-state index is 0. The fourth-order valence-corrected chi connectivity index (χ4v) is 0.142. The second-order valence-electron chi connectivity index (χ2n) is 0.417. The third-order valence-electron chi connectivity index (χ3n) is 0.143. The van der Waals surface area contributed by atoms with Crippen LogP contribution in [0, 0.1) is 23.0 Å². The van der Waals surface area contributed by atoms with Crippen molar-refractivity contribution in [3.05, 3.63) is 0 Å². The smallest absolute Gasteiger partial charge is 1.00 e. The molecule has 0 aliphatic rings. The van der Waals surface area contributed by atoms with Crippen LogP contribution in [0.3, 0.4) is 0 Å². The van der Waals surface area contributed by atoms with Crippen molar-refractivity contribution >= 4 is 12.3 Å². The Morgan fingerprint density at radius 2 is 1.62 bits per heavy atom. The molecule has 0 N–H and O–H groups in total. The Kier molecular flexibility index (Phi) is 12.8. The van der Waals surface area contributed by atoms with Crippen LogP contribution in [0.1, 0.15) is 1.43 Å². The van der Waals surface area contributed by atoms with Gasteiger partial charge in [0.25, 0.3) is 0 Å². The molecule has 0 aliphatic heterocycles. The van der Waals surface area contributed by atoms with Gasteiger partial charge in [-0.3, -0.25) is 0 Å². The number of nitrogens with zero attached hydrogens (tertiary/aromatic N) is 2. The maximum absolute atomic E-state index is 7.61. The Hall–Kier alpha value is -0.473. The van der Waals surface area contributed by atoms with Gasteiger partial charge in [-0.15, -0.1) is 10.5 Å². The Labute approximate surface area is 64.4 Å². The van der Waals surface area contributed by atoms with Gasteiger partial charge in [-0.2, -0.15) is 0 Å². The van der Waals surface area contributed by atoms with E-state index in [1.807, 2.05) is 0 Å². The van der Waals surface area contributed by atoms with E-state index < -0.39 is 0 Å². The Bertz CT molecular complexity index is 107. The van der Waals surface area contributed by atoms with Gasteiger partial charge in [-0.25, -0.2) is 0 Å². The summed E-state index contributed by atoms with van der Waals surface area (Å²) in [4.78, 5) is 0. The van der Waals surface area contributed by atoms with Gasteiger partial charge >= 0.3 is 43.7 Å². The standard InChI is InChI=1S/C2N2O2S.Li.H/c3-1-5-7-6-2-4;;/q;+1;-1. The number of rotatable bonds is 2. The molecule has 6 heteroatoms. The average Bonchev–Trinajstić information content (AvgIpc) is 1.69. The summed E-state index contributed by atoms with van der Waals surface area (Å²) < 4.78 is 7.70. The summed E-state index contributed by atoms with van der Waals surface area (Å²) in [6.45, 7) is 0. The van der Waals surface area contributed by atoms with Crippen LogP contribution in [0.5, 0.6) is 0 Å². The molecule has 8 heavy (non-hydrogen) atoms. The first-order chi connectivity index (χ1) is 3.41. The molecule has 0 aliphatic carbocycles. The second kappa shape index (κ2) is 9.73. The summed E-state index contributed by atoms with van der Waals surface area (Å²) in [7, 11) is 0. The minimum atomic E-state index is 0. The van der Waals surface area contributed by atoms with E-state index in [2.05, 4.69) is 8.37 Å². The van der Waals surface area contributed by atoms with Gasteiger partial charge in [0.05, 0.1) is 0 Å². The Morgan fingerprint density at radius 3 is 1.88 bits per heavy atom. The van der Waals surface area contributed by atoms with E-state index >= 15 is 0 Å². The van der Waals surface area contributed by atoms with Gasteiger partial charge < -0.3 is 9.79 Å². The summed E-state index contributed by atoms with van der Waals surface area (Å²) in [6.07, 6.45) is 2.58. The van der Waals surface area contributed by atoms with Crippen LogP contribution in [0.4, 0.5) is 0 Å². The predicted octanol–water partition coefficient (Wildman–Crippen LogP) is -2.34. The normalized spacial score (nSPS) is 4.75. The van der Waals surface area contributed by atoms with E-state index in [1.54, 1.807) is 0 Å². The molecule has 0 saturated heterocycles. The van der Waals surface area contributed by atoms with Gasteiger partial charge in [-0.05, 0) is 0 Å². The Morgan fingerprint density at radius 1 is 1.25 bits per heavy atom. The van der Waals surface area contributed by atoms with Crippen molar-refractivity contribution in [2.75, 3.05) is 0 Å². The molecule has 0 rings (SSSR count). The van der Waals surface area contributed by atoms with Crippen molar-refractivity contribution in [3.63, 3.8) is 0 Å². The molecule has 4 nitrogen and oxygen atoms in total. The molecule has 0 amide bonds. The molecule has 0 heterocycles. The molecule has 0 unspecified atom stereocenters. The molecular weight excluding hydrogens is 123 g/mol. The number of hydrogen-bond acceptors (Lipinski definition) is 5. The summed E-state index contributed by atoms with van der Waals surface area (Å²) in [5.74, 6) is 0. The van der Waals surface area contributed by atoms with E-state index in [-0.39, 0.29) is 20.3 Å². The molecule has 0 fully saturated rings. The van der Waals surface area contributed by atoms with Crippen LogP contribution < -0.4 is 18.9 Å². The molecule has 0 atom stereocenters. The van der Waals surface area contributed by atoms with E-state index in [1.165, 1.54) is 12.5 Å². The van der Waals surface area contributed by atoms with Crippen molar-refractivity contribution in [2.24, 2.45) is 0 Å². The molecule has 0 aromatic carbocycles. The minimum Gasteiger partial charge on any atom is -1.00 e. The summed E-state index contributed by atoms with van der Waals surface area (Å²) in [5, 5.41) is 15.2. The fourth-order valence-electron chi connectivity index (χ4n) is 0.0474. The fraction of sp³-hybridized carbons (Fsp3) is 0. The number of hydrogen-bond donors (Lipinski definition) is 0. The molecular formula is C2HLiN2O2S. The molecule has 0 saturated carbocycles. The Balaban J connectivity index is -0.000000180. The quantitative estimate of drug-likeness (QED) is 0.178. The molecule has 0 spiro atoms. The third-order valence-corrected chi connectivity index (χ3v) is 0.428. The van der Waals surface area contributed by atoms with Crippen molar-refractivity contribution in [1.82, 2.24) is 0 Å².